The summed E-state index contributed by atoms with van der Waals surface area (Å²) in [6.45, 7) is 4.77. The Bertz CT molecular complexity index is 132. The van der Waals surface area contributed by atoms with Crippen molar-refractivity contribution in [2.24, 2.45) is 4.99 Å². The molecule has 0 aromatic carbocycles. The second-order valence-corrected chi connectivity index (χ2v) is 2.29. The number of rotatable bonds is 1. The van der Waals surface area contributed by atoms with E-state index in [1.165, 1.54) is 20.1 Å². The number of aliphatic imine (C=N–C) groups is 1. The molecule has 0 bridgehead atoms. The molecule has 0 atom stereocenters. The van der Waals surface area contributed by atoms with Crippen LogP contribution in [0.4, 0.5) is 0 Å². The maximum Gasteiger partial charge on any atom is 0.151 e. The van der Waals surface area contributed by atoms with Crippen LogP contribution in [0, 0.1) is 5.41 Å². The number of hydrogen-bond donors (Lipinski definition) is 2. The lowest BCUT2D eigenvalue weighted by molar-refractivity contribution is 0.152. The van der Waals surface area contributed by atoms with Gasteiger partial charge in [-0.25, -0.2) is 4.99 Å². The van der Waals surface area contributed by atoms with Gasteiger partial charge in [0.25, 0.3) is 0 Å². The summed E-state index contributed by atoms with van der Waals surface area (Å²) in [7, 11) is 0. The van der Waals surface area contributed by atoms with Crippen LogP contribution in [-0.2, 0) is 0 Å². The van der Waals surface area contributed by atoms with Crippen molar-refractivity contribution in [1.29, 1.82) is 5.41 Å². The maximum atomic E-state index is 9.08. The first-order chi connectivity index (χ1) is 3.98. The van der Waals surface area contributed by atoms with Crippen molar-refractivity contribution in [3.05, 3.63) is 0 Å². The van der Waals surface area contributed by atoms with Crippen molar-refractivity contribution in [2.75, 3.05) is 0 Å². The summed E-state index contributed by atoms with van der Waals surface area (Å²) >= 11 is 0. The Balaban J connectivity index is 4.06. The fraction of sp³-hybridized carbons (Fsp3) is 0.667. The summed E-state index contributed by atoms with van der Waals surface area (Å²) < 4.78 is 0. The molecule has 0 saturated carbocycles. The molecule has 0 radical (unpaired) electrons. The van der Waals surface area contributed by atoms with E-state index in [2.05, 4.69) is 4.99 Å². The number of nitrogens with one attached hydrogen (secondary N) is 1. The summed E-state index contributed by atoms with van der Waals surface area (Å²) in [5.41, 5.74) is -1.10. The van der Waals surface area contributed by atoms with E-state index in [4.69, 9.17) is 10.5 Å². The monoisotopic (exact) mass is 128 g/mol. The Kier molecular flexibility index (Phi) is 2.52. The van der Waals surface area contributed by atoms with E-state index in [0.717, 1.165) is 0 Å². The van der Waals surface area contributed by atoms with Gasteiger partial charge in [-0.2, -0.15) is 0 Å². The van der Waals surface area contributed by atoms with Crippen LogP contribution in [0.15, 0.2) is 4.99 Å². The molecule has 9 heavy (non-hydrogen) atoms. The normalized spacial score (nSPS) is 12.4. The van der Waals surface area contributed by atoms with Crippen LogP contribution < -0.4 is 0 Å². The fourth-order valence-electron chi connectivity index (χ4n) is 0.287. The highest BCUT2D eigenvalue weighted by Crippen LogP contribution is 2.02. The quantitative estimate of drug-likeness (QED) is 0.398. The summed E-state index contributed by atoms with van der Waals surface area (Å²) in [5, 5.41) is 16.2. The van der Waals surface area contributed by atoms with Crippen molar-refractivity contribution in [2.45, 2.75) is 26.4 Å². The first-order valence-electron chi connectivity index (χ1n) is 2.78. The Labute approximate surface area is 54.9 Å². The molecule has 0 spiro atoms. The average Bonchev–Trinajstić information content (AvgIpc) is 1.64. The molecule has 0 saturated heterocycles. The van der Waals surface area contributed by atoms with Crippen LogP contribution in [0.3, 0.4) is 0 Å². The van der Waals surface area contributed by atoms with Crippen molar-refractivity contribution < 1.29 is 5.11 Å². The molecule has 0 unspecified atom stereocenters. The second kappa shape index (κ2) is 2.73. The predicted molar refractivity (Wildman–Crippen MR) is 38.2 cm³/mol. The highest BCUT2D eigenvalue weighted by molar-refractivity contribution is 5.92. The van der Waals surface area contributed by atoms with E-state index in [1.54, 1.807) is 6.92 Å². The van der Waals surface area contributed by atoms with Gasteiger partial charge in [-0.1, -0.05) is 0 Å². The van der Waals surface area contributed by atoms with Crippen LogP contribution in [0.5, 0.6) is 0 Å². The number of hydrogen-bond acceptors (Lipinski definition) is 2. The molecule has 0 fully saturated rings. The molecule has 2 N–H and O–H groups in total. The minimum Gasteiger partial charge on any atom is -0.382 e. The van der Waals surface area contributed by atoms with E-state index in [9.17, 15) is 0 Å². The zero-order valence-corrected chi connectivity index (χ0v) is 5.97. The van der Waals surface area contributed by atoms with Gasteiger partial charge in [-0.3, -0.25) is 5.41 Å². The van der Waals surface area contributed by atoms with Crippen molar-refractivity contribution in [1.82, 2.24) is 0 Å². The summed E-state index contributed by atoms with van der Waals surface area (Å²) in [6, 6.07) is 0. The lowest BCUT2D eigenvalue weighted by atomic mass is 10.1. The zero-order valence-electron chi connectivity index (χ0n) is 5.97. The molecule has 0 aromatic heterocycles. The molecule has 52 valence electrons. The maximum absolute atomic E-state index is 9.08. The highest BCUT2D eigenvalue weighted by Gasteiger charge is 2.17. The number of aliphatic hydroxyl groups is 1. The van der Waals surface area contributed by atoms with E-state index >= 15 is 0 Å². The Morgan fingerprint density at radius 3 is 2.22 bits per heavy atom. The third kappa shape index (κ3) is 2.98. The van der Waals surface area contributed by atoms with Crippen LogP contribution in [0.25, 0.3) is 0 Å². The van der Waals surface area contributed by atoms with Crippen molar-refractivity contribution in [3.8, 4) is 0 Å². The minimum atomic E-state index is -1.10. The summed E-state index contributed by atoms with van der Waals surface area (Å²) in [4.78, 5) is 3.60. The molecule has 0 aliphatic heterocycles. The van der Waals surface area contributed by atoms with Crippen LogP contribution in [-0.4, -0.2) is 22.8 Å². The van der Waals surface area contributed by atoms with Gasteiger partial charge < -0.3 is 5.11 Å². The van der Waals surface area contributed by atoms with Gasteiger partial charge in [0, 0.05) is 6.21 Å². The smallest absolute Gasteiger partial charge is 0.151 e. The first-order valence-corrected chi connectivity index (χ1v) is 2.78. The van der Waals surface area contributed by atoms with Crippen LogP contribution in [0.2, 0.25) is 0 Å². The average molecular weight is 128 g/mol. The third-order valence-corrected chi connectivity index (χ3v) is 0.838. The third-order valence-electron chi connectivity index (χ3n) is 0.838. The molecular formula is C6H12N2O. The minimum absolute atomic E-state index is 0.00926. The Hall–Kier alpha value is -0.700. The van der Waals surface area contributed by atoms with Crippen molar-refractivity contribution >= 4 is 12.1 Å². The molecule has 0 heterocycles. The SMILES string of the molecule is CC=NC(=N)C(C)(C)O. The van der Waals surface area contributed by atoms with Crippen molar-refractivity contribution in [3.63, 3.8) is 0 Å². The second-order valence-electron chi connectivity index (χ2n) is 2.29. The number of amidine groups is 1. The summed E-state index contributed by atoms with van der Waals surface area (Å²) in [6.07, 6.45) is 1.49. The van der Waals surface area contributed by atoms with Crippen LogP contribution in [0.1, 0.15) is 20.8 Å². The standard InChI is InChI=1S/C6H12N2O/c1-4-8-5(7)6(2,3)9/h4,7,9H,1-3H3. The molecular weight excluding hydrogens is 116 g/mol. The van der Waals surface area contributed by atoms with E-state index < -0.39 is 5.60 Å². The zero-order chi connectivity index (χ0) is 7.49. The van der Waals surface area contributed by atoms with E-state index in [1.807, 2.05) is 0 Å². The summed E-state index contributed by atoms with van der Waals surface area (Å²) in [5.74, 6) is -0.00926. The van der Waals surface area contributed by atoms with Gasteiger partial charge in [0.05, 0.1) is 0 Å². The van der Waals surface area contributed by atoms with Gasteiger partial charge in [-0.15, -0.1) is 0 Å². The van der Waals surface area contributed by atoms with E-state index in [-0.39, 0.29) is 5.84 Å². The van der Waals surface area contributed by atoms with Gasteiger partial charge in [0.2, 0.25) is 0 Å². The lowest BCUT2D eigenvalue weighted by Crippen LogP contribution is -2.28. The molecule has 0 aliphatic carbocycles. The highest BCUT2D eigenvalue weighted by atomic mass is 16.3. The lowest BCUT2D eigenvalue weighted by Gasteiger charge is -2.13. The van der Waals surface area contributed by atoms with Gasteiger partial charge in [0.1, 0.15) is 5.60 Å². The Morgan fingerprint density at radius 2 is 2.11 bits per heavy atom. The number of nitrogens with zero attached hydrogens (tertiary/aromatic N) is 1. The Morgan fingerprint density at radius 1 is 1.67 bits per heavy atom. The molecule has 0 amide bonds. The topological polar surface area (TPSA) is 56.4 Å². The van der Waals surface area contributed by atoms with Crippen LogP contribution >= 0.6 is 0 Å². The fourth-order valence-corrected chi connectivity index (χ4v) is 0.287. The van der Waals surface area contributed by atoms with Gasteiger partial charge >= 0.3 is 0 Å². The molecule has 0 aromatic rings. The molecule has 3 nitrogen and oxygen atoms in total. The predicted octanol–water partition coefficient (Wildman–Crippen LogP) is 0.825. The largest absolute Gasteiger partial charge is 0.382 e. The van der Waals surface area contributed by atoms with Gasteiger partial charge in [0.15, 0.2) is 5.84 Å². The molecule has 0 rings (SSSR count). The van der Waals surface area contributed by atoms with Gasteiger partial charge in [-0.05, 0) is 20.8 Å². The molecule has 0 aliphatic rings. The molecule has 3 heteroatoms. The first kappa shape index (κ1) is 8.30. The van der Waals surface area contributed by atoms with E-state index in [0.29, 0.717) is 0 Å².